The van der Waals surface area contributed by atoms with Crippen molar-refractivity contribution in [1.29, 1.82) is 0 Å². The maximum absolute atomic E-state index is 12.2. The summed E-state index contributed by atoms with van der Waals surface area (Å²) in [6.45, 7) is 0.156. The third-order valence-corrected chi connectivity index (χ3v) is 4.58. The van der Waals surface area contributed by atoms with Gasteiger partial charge in [0.2, 0.25) is 5.91 Å². The number of fused-ring (bicyclic) bond motifs is 1. The molecule has 0 spiro atoms. The van der Waals surface area contributed by atoms with E-state index in [1.807, 2.05) is 0 Å². The Balaban J connectivity index is 1.60. The lowest BCUT2D eigenvalue weighted by atomic mass is 10.1. The third kappa shape index (κ3) is 3.27. The highest BCUT2D eigenvalue weighted by Crippen LogP contribution is 2.14. The number of nitrogens with one attached hydrogen (secondary N) is 3. The van der Waals surface area contributed by atoms with E-state index in [-0.39, 0.29) is 30.9 Å². The number of carbonyl (C=O) groups is 3. The topological polar surface area (TPSA) is 124 Å². The minimum absolute atomic E-state index is 0.0970. The monoisotopic (exact) mass is 349 g/mol. The third-order valence-electron chi connectivity index (χ3n) is 3.68. The Kier molecular flexibility index (Phi) is 4.30. The minimum Gasteiger partial charge on any atom is -0.338 e. The molecule has 1 atom stereocenters. The average Bonchev–Trinajstić information content (AvgIpc) is 3.11. The highest BCUT2D eigenvalue weighted by Gasteiger charge is 2.29. The maximum Gasteiger partial charge on any atom is 0.322 e. The van der Waals surface area contributed by atoms with E-state index in [1.54, 1.807) is 18.5 Å². The number of imide groups is 1. The van der Waals surface area contributed by atoms with Crippen molar-refractivity contribution in [3.8, 4) is 0 Å². The van der Waals surface area contributed by atoms with Crippen molar-refractivity contribution < 1.29 is 14.4 Å². The number of nitrogens with zero attached hydrogens (tertiary/aromatic N) is 2. The zero-order chi connectivity index (χ0) is 17.3. The molecule has 24 heavy (non-hydrogen) atoms. The number of aromatic nitrogens is 2. The van der Waals surface area contributed by atoms with E-state index in [9.17, 15) is 19.2 Å². The molecule has 0 aliphatic carbocycles. The number of rotatable bonds is 5. The van der Waals surface area contributed by atoms with Crippen LogP contribution in [0, 0.1) is 0 Å². The Labute approximate surface area is 140 Å². The smallest absolute Gasteiger partial charge is 0.322 e. The van der Waals surface area contributed by atoms with Crippen LogP contribution in [-0.2, 0) is 16.1 Å². The van der Waals surface area contributed by atoms with E-state index in [4.69, 9.17) is 0 Å². The van der Waals surface area contributed by atoms with Crippen LogP contribution in [0.3, 0.4) is 0 Å². The molecule has 2 aromatic heterocycles. The fourth-order valence-electron chi connectivity index (χ4n) is 2.43. The Morgan fingerprint density at radius 1 is 1.38 bits per heavy atom. The standard InChI is InChI=1S/C14H15N5O4S/c1-19(10(20)3-2-8-12(21)18-14(23)16-8)6-9-15-7-4-5-24-11(7)13(22)17-9/h4-5,8H,2-3,6H2,1H3,(H,15,17,22)(H2,16,18,21,23)/t8-/m0/s1. The van der Waals surface area contributed by atoms with Gasteiger partial charge in [-0.25, -0.2) is 9.78 Å². The van der Waals surface area contributed by atoms with E-state index in [0.29, 0.717) is 16.0 Å². The van der Waals surface area contributed by atoms with Crippen molar-refractivity contribution in [2.75, 3.05) is 7.05 Å². The summed E-state index contributed by atoms with van der Waals surface area (Å²) in [5.74, 6) is -0.241. The van der Waals surface area contributed by atoms with Gasteiger partial charge in [0.15, 0.2) is 0 Å². The van der Waals surface area contributed by atoms with Gasteiger partial charge >= 0.3 is 6.03 Å². The molecule has 1 saturated heterocycles. The summed E-state index contributed by atoms with van der Waals surface area (Å²) in [5, 5.41) is 6.35. The summed E-state index contributed by atoms with van der Waals surface area (Å²) in [7, 11) is 1.59. The maximum atomic E-state index is 12.2. The molecule has 0 aromatic carbocycles. The van der Waals surface area contributed by atoms with E-state index in [1.165, 1.54) is 16.2 Å². The van der Waals surface area contributed by atoms with Crippen LogP contribution in [0.2, 0.25) is 0 Å². The van der Waals surface area contributed by atoms with Crippen LogP contribution in [0.25, 0.3) is 10.2 Å². The molecule has 3 N–H and O–H groups in total. The van der Waals surface area contributed by atoms with Gasteiger partial charge in [-0.1, -0.05) is 0 Å². The molecule has 1 aliphatic heterocycles. The Morgan fingerprint density at radius 2 is 2.17 bits per heavy atom. The number of hydrogen-bond acceptors (Lipinski definition) is 6. The van der Waals surface area contributed by atoms with Crippen LogP contribution in [-0.4, -0.2) is 45.8 Å². The van der Waals surface area contributed by atoms with Crippen molar-refractivity contribution in [2.45, 2.75) is 25.4 Å². The average molecular weight is 349 g/mol. The summed E-state index contributed by atoms with van der Waals surface area (Å²) in [6.07, 6.45) is 0.314. The zero-order valence-electron chi connectivity index (χ0n) is 12.8. The first-order valence-corrected chi connectivity index (χ1v) is 8.13. The highest BCUT2D eigenvalue weighted by molar-refractivity contribution is 7.17. The van der Waals surface area contributed by atoms with Crippen LogP contribution in [0.15, 0.2) is 16.2 Å². The van der Waals surface area contributed by atoms with Crippen molar-refractivity contribution >= 4 is 39.4 Å². The van der Waals surface area contributed by atoms with Gasteiger partial charge in [-0.2, -0.15) is 0 Å². The van der Waals surface area contributed by atoms with Crippen LogP contribution in [0.5, 0.6) is 0 Å². The first-order valence-electron chi connectivity index (χ1n) is 7.26. The summed E-state index contributed by atoms with van der Waals surface area (Å²) < 4.78 is 0.552. The lowest BCUT2D eigenvalue weighted by Crippen LogP contribution is -2.33. The second kappa shape index (κ2) is 6.40. The predicted octanol–water partition coefficient (Wildman–Crippen LogP) is -0.0688. The van der Waals surface area contributed by atoms with Gasteiger partial charge in [0.25, 0.3) is 11.5 Å². The van der Waals surface area contributed by atoms with Gasteiger partial charge in [-0.15, -0.1) is 11.3 Å². The number of carbonyl (C=O) groups excluding carboxylic acids is 3. The molecular weight excluding hydrogens is 334 g/mol. The van der Waals surface area contributed by atoms with Crippen LogP contribution >= 0.6 is 11.3 Å². The summed E-state index contributed by atoms with van der Waals surface area (Å²) in [6, 6.07) is 0.522. The van der Waals surface area contributed by atoms with Crippen LogP contribution in [0.1, 0.15) is 18.7 Å². The predicted molar refractivity (Wildman–Crippen MR) is 86.4 cm³/mol. The molecule has 0 unspecified atom stereocenters. The fraction of sp³-hybridized carbons (Fsp3) is 0.357. The summed E-state index contributed by atoms with van der Waals surface area (Å²) in [4.78, 5) is 54.9. The largest absolute Gasteiger partial charge is 0.338 e. The molecule has 9 nitrogen and oxygen atoms in total. The molecule has 0 saturated carbocycles. The molecule has 3 heterocycles. The van der Waals surface area contributed by atoms with Crippen LogP contribution < -0.4 is 16.2 Å². The van der Waals surface area contributed by atoms with Crippen molar-refractivity contribution in [3.05, 3.63) is 27.6 Å². The van der Waals surface area contributed by atoms with Gasteiger partial charge in [0, 0.05) is 13.5 Å². The fourth-order valence-corrected chi connectivity index (χ4v) is 3.16. The quantitative estimate of drug-likeness (QED) is 0.652. The number of urea groups is 1. The van der Waals surface area contributed by atoms with E-state index >= 15 is 0 Å². The highest BCUT2D eigenvalue weighted by atomic mass is 32.1. The van der Waals surface area contributed by atoms with Crippen molar-refractivity contribution in [1.82, 2.24) is 25.5 Å². The summed E-state index contributed by atoms with van der Waals surface area (Å²) >= 11 is 1.31. The molecule has 0 bridgehead atoms. The number of aromatic amines is 1. The normalized spacial score (nSPS) is 17.0. The van der Waals surface area contributed by atoms with Gasteiger partial charge in [-0.05, 0) is 17.9 Å². The minimum atomic E-state index is -0.685. The Morgan fingerprint density at radius 3 is 2.88 bits per heavy atom. The SMILES string of the molecule is CN(Cc1nc2ccsc2c(=O)[nH]1)C(=O)CC[C@@H]1NC(=O)NC1=O. The Bertz CT molecular complexity index is 873. The van der Waals surface area contributed by atoms with Gasteiger partial charge < -0.3 is 15.2 Å². The number of H-pyrrole nitrogens is 1. The molecule has 4 amide bonds. The number of thiophene rings is 1. The van der Waals surface area contributed by atoms with Gasteiger partial charge in [0.05, 0.1) is 12.1 Å². The van der Waals surface area contributed by atoms with Gasteiger partial charge in [-0.3, -0.25) is 19.7 Å². The van der Waals surface area contributed by atoms with E-state index in [2.05, 4.69) is 20.6 Å². The first kappa shape index (κ1) is 16.1. The number of amides is 4. The Hall–Kier alpha value is -2.75. The molecule has 0 radical (unpaired) electrons. The van der Waals surface area contributed by atoms with E-state index < -0.39 is 18.0 Å². The summed E-state index contributed by atoms with van der Waals surface area (Å²) in [5.41, 5.74) is 0.376. The zero-order valence-corrected chi connectivity index (χ0v) is 13.6. The molecule has 2 aromatic rings. The van der Waals surface area contributed by atoms with E-state index in [0.717, 1.165) is 0 Å². The van der Waals surface area contributed by atoms with Crippen LogP contribution in [0.4, 0.5) is 4.79 Å². The molecule has 10 heteroatoms. The number of hydrogen-bond donors (Lipinski definition) is 3. The van der Waals surface area contributed by atoms with Gasteiger partial charge in [0.1, 0.15) is 16.6 Å². The lowest BCUT2D eigenvalue weighted by molar-refractivity contribution is -0.130. The van der Waals surface area contributed by atoms with Crippen molar-refractivity contribution in [3.63, 3.8) is 0 Å². The second-order valence-electron chi connectivity index (χ2n) is 5.45. The van der Waals surface area contributed by atoms with Crippen molar-refractivity contribution in [2.24, 2.45) is 0 Å². The lowest BCUT2D eigenvalue weighted by Gasteiger charge is -2.17. The molecule has 1 aliphatic rings. The molecular formula is C14H15N5O4S. The second-order valence-corrected chi connectivity index (χ2v) is 6.37. The molecule has 126 valence electrons. The molecule has 1 fully saturated rings. The molecule has 3 rings (SSSR count). The first-order chi connectivity index (χ1) is 11.4.